The molecule has 0 radical (unpaired) electrons. The molecule has 0 aliphatic carbocycles. The van der Waals surface area contributed by atoms with E-state index in [1.807, 2.05) is 49.0 Å². The second kappa shape index (κ2) is 7.02. The molecule has 0 saturated carbocycles. The molecule has 0 unspecified atom stereocenters. The molecule has 0 fully saturated rings. The first kappa shape index (κ1) is 16.5. The van der Waals surface area contributed by atoms with Crippen molar-refractivity contribution in [1.29, 1.82) is 0 Å². The molecule has 7 heteroatoms. The van der Waals surface area contributed by atoms with Crippen molar-refractivity contribution < 1.29 is 9.15 Å². The monoisotopic (exact) mass is 344 g/mol. The van der Waals surface area contributed by atoms with Gasteiger partial charge >= 0.3 is 0 Å². The highest BCUT2D eigenvalue weighted by Crippen LogP contribution is 2.18. The molecule has 0 aliphatic heterocycles. The molecule has 0 bridgehead atoms. The summed E-state index contributed by atoms with van der Waals surface area (Å²) >= 11 is 5.49. The van der Waals surface area contributed by atoms with Crippen LogP contribution in [0.2, 0.25) is 0 Å². The number of benzene rings is 1. The van der Waals surface area contributed by atoms with Crippen molar-refractivity contribution in [2.75, 3.05) is 14.2 Å². The van der Waals surface area contributed by atoms with Gasteiger partial charge in [-0.2, -0.15) is 0 Å². The Hall–Kier alpha value is -2.38. The highest BCUT2D eigenvalue weighted by molar-refractivity contribution is 7.71. The third-order valence-electron chi connectivity index (χ3n) is 3.74. The van der Waals surface area contributed by atoms with E-state index in [1.54, 1.807) is 18.1 Å². The fourth-order valence-electron chi connectivity index (χ4n) is 2.56. The SMILES string of the molecule is COc1cccc(CN(C)Cn2nc(-c3ccco3)n(C)c2=S)c1. The summed E-state index contributed by atoms with van der Waals surface area (Å²) in [4.78, 5) is 2.14. The van der Waals surface area contributed by atoms with Crippen molar-refractivity contribution in [3.63, 3.8) is 0 Å². The zero-order chi connectivity index (χ0) is 17.1. The molecule has 6 nitrogen and oxygen atoms in total. The van der Waals surface area contributed by atoms with E-state index in [0.29, 0.717) is 17.2 Å². The first-order valence-corrected chi connectivity index (χ1v) is 7.98. The maximum absolute atomic E-state index is 5.49. The van der Waals surface area contributed by atoms with Gasteiger partial charge in [0.15, 0.2) is 16.4 Å². The zero-order valence-corrected chi connectivity index (χ0v) is 14.8. The lowest BCUT2D eigenvalue weighted by molar-refractivity contribution is 0.243. The van der Waals surface area contributed by atoms with E-state index in [0.717, 1.165) is 18.1 Å². The summed E-state index contributed by atoms with van der Waals surface area (Å²) in [6.45, 7) is 1.36. The molecule has 3 rings (SSSR count). The topological polar surface area (TPSA) is 48.4 Å². The van der Waals surface area contributed by atoms with Gasteiger partial charge in [0, 0.05) is 13.6 Å². The lowest BCUT2D eigenvalue weighted by Crippen LogP contribution is -2.22. The van der Waals surface area contributed by atoms with Crippen LogP contribution in [0.1, 0.15) is 5.56 Å². The number of methoxy groups -OCH3 is 1. The first-order valence-electron chi connectivity index (χ1n) is 7.57. The smallest absolute Gasteiger partial charge is 0.199 e. The van der Waals surface area contributed by atoms with Crippen LogP contribution in [0, 0.1) is 4.77 Å². The van der Waals surface area contributed by atoms with E-state index in [1.165, 1.54) is 5.56 Å². The molecule has 126 valence electrons. The summed E-state index contributed by atoms with van der Waals surface area (Å²) in [6.07, 6.45) is 1.63. The molecule has 0 spiro atoms. The molecule has 0 N–H and O–H groups in total. The molecule has 0 amide bonds. The maximum Gasteiger partial charge on any atom is 0.199 e. The van der Waals surface area contributed by atoms with Gasteiger partial charge in [0.25, 0.3) is 0 Å². The first-order chi connectivity index (χ1) is 11.6. The third kappa shape index (κ3) is 3.42. The molecule has 24 heavy (non-hydrogen) atoms. The van der Waals surface area contributed by atoms with Crippen LogP contribution in [0.3, 0.4) is 0 Å². The van der Waals surface area contributed by atoms with E-state index in [4.69, 9.17) is 21.4 Å². The summed E-state index contributed by atoms with van der Waals surface area (Å²) in [6, 6.07) is 11.7. The van der Waals surface area contributed by atoms with Gasteiger partial charge in [0.2, 0.25) is 0 Å². The number of aromatic nitrogens is 3. The van der Waals surface area contributed by atoms with Gasteiger partial charge < -0.3 is 13.7 Å². The van der Waals surface area contributed by atoms with Crippen LogP contribution in [-0.2, 0) is 20.3 Å². The van der Waals surface area contributed by atoms with Crippen molar-refractivity contribution in [2.24, 2.45) is 7.05 Å². The predicted octanol–water partition coefficient (Wildman–Crippen LogP) is 3.31. The van der Waals surface area contributed by atoms with Crippen LogP contribution in [0.25, 0.3) is 11.6 Å². The Morgan fingerprint density at radius 3 is 2.83 bits per heavy atom. The minimum Gasteiger partial charge on any atom is -0.497 e. The molecule has 1 aromatic carbocycles. The van der Waals surface area contributed by atoms with E-state index >= 15 is 0 Å². The van der Waals surface area contributed by atoms with Gasteiger partial charge in [-0.15, -0.1) is 5.10 Å². The molecular formula is C17H20N4O2S. The normalized spacial score (nSPS) is 11.2. The van der Waals surface area contributed by atoms with E-state index in [2.05, 4.69) is 16.1 Å². The standard InChI is InChI=1S/C17H20N4O2S/c1-19(11-13-6-4-7-14(10-13)22-3)12-21-17(24)20(2)16(18-21)15-8-5-9-23-15/h4-10H,11-12H2,1-3H3. The molecule has 2 aromatic heterocycles. The minimum atomic E-state index is 0.588. The second-order valence-corrected chi connectivity index (χ2v) is 6.01. The number of furan rings is 1. The fraction of sp³-hybridized carbons (Fsp3) is 0.294. The molecule has 2 heterocycles. The number of hydrogen-bond acceptors (Lipinski definition) is 5. The van der Waals surface area contributed by atoms with Crippen molar-refractivity contribution in [3.8, 4) is 17.3 Å². The van der Waals surface area contributed by atoms with Crippen molar-refractivity contribution >= 4 is 12.2 Å². The molecule has 3 aromatic rings. The molecular weight excluding hydrogens is 324 g/mol. The Morgan fingerprint density at radius 2 is 2.12 bits per heavy atom. The zero-order valence-electron chi connectivity index (χ0n) is 14.0. The highest BCUT2D eigenvalue weighted by Gasteiger charge is 2.13. The Kier molecular flexibility index (Phi) is 4.82. The van der Waals surface area contributed by atoms with E-state index in [-0.39, 0.29) is 0 Å². The number of nitrogens with zero attached hydrogens (tertiary/aromatic N) is 4. The van der Waals surface area contributed by atoms with Gasteiger partial charge in [-0.05, 0) is 49.1 Å². The minimum absolute atomic E-state index is 0.588. The van der Waals surface area contributed by atoms with Crippen molar-refractivity contribution in [2.45, 2.75) is 13.2 Å². The Balaban J connectivity index is 1.76. The molecule has 0 saturated heterocycles. The summed E-state index contributed by atoms with van der Waals surface area (Å²) in [7, 11) is 5.60. The summed E-state index contributed by atoms with van der Waals surface area (Å²) in [5.74, 6) is 2.29. The summed E-state index contributed by atoms with van der Waals surface area (Å²) < 4.78 is 15.0. The lowest BCUT2D eigenvalue weighted by Gasteiger charge is -2.16. The number of rotatable bonds is 6. The Bertz CT molecular complexity index is 867. The van der Waals surface area contributed by atoms with Gasteiger partial charge in [0.05, 0.1) is 20.0 Å². The quantitative estimate of drug-likeness (QED) is 0.642. The molecule has 0 atom stereocenters. The fourth-order valence-corrected chi connectivity index (χ4v) is 2.75. The third-order valence-corrected chi connectivity index (χ3v) is 4.23. The van der Waals surface area contributed by atoms with E-state index < -0.39 is 0 Å². The van der Waals surface area contributed by atoms with Crippen LogP contribution in [-0.4, -0.2) is 33.4 Å². The Labute approximate surface area is 145 Å². The van der Waals surface area contributed by atoms with Crippen LogP contribution in [0.4, 0.5) is 0 Å². The van der Waals surface area contributed by atoms with E-state index in [9.17, 15) is 0 Å². The average Bonchev–Trinajstić information content (AvgIpc) is 3.19. The van der Waals surface area contributed by atoms with Crippen LogP contribution in [0.5, 0.6) is 5.75 Å². The van der Waals surface area contributed by atoms with Crippen LogP contribution >= 0.6 is 12.2 Å². The predicted molar refractivity (Wildman–Crippen MR) is 94.2 cm³/mol. The van der Waals surface area contributed by atoms with Gasteiger partial charge in [0.1, 0.15) is 5.75 Å². The average molecular weight is 344 g/mol. The van der Waals surface area contributed by atoms with Crippen molar-refractivity contribution in [1.82, 2.24) is 19.2 Å². The number of ether oxygens (including phenoxy) is 1. The van der Waals surface area contributed by atoms with Gasteiger partial charge in [-0.3, -0.25) is 4.90 Å². The van der Waals surface area contributed by atoms with Gasteiger partial charge in [-0.25, -0.2) is 4.68 Å². The largest absolute Gasteiger partial charge is 0.497 e. The van der Waals surface area contributed by atoms with Crippen LogP contribution in [0.15, 0.2) is 47.1 Å². The second-order valence-electron chi connectivity index (χ2n) is 5.65. The van der Waals surface area contributed by atoms with Crippen molar-refractivity contribution in [3.05, 3.63) is 53.0 Å². The summed E-state index contributed by atoms with van der Waals surface area (Å²) in [5.41, 5.74) is 1.17. The molecule has 0 aliphatic rings. The number of hydrogen-bond donors (Lipinski definition) is 0. The summed E-state index contributed by atoms with van der Waals surface area (Å²) in [5, 5.41) is 4.58. The lowest BCUT2D eigenvalue weighted by atomic mass is 10.2. The Morgan fingerprint density at radius 1 is 1.29 bits per heavy atom. The maximum atomic E-state index is 5.49. The highest BCUT2D eigenvalue weighted by atomic mass is 32.1. The van der Waals surface area contributed by atoms with Gasteiger partial charge in [-0.1, -0.05) is 12.1 Å². The van der Waals surface area contributed by atoms with Crippen LogP contribution < -0.4 is 4.74 Å².